The van der Waals surface area contributed by atoms with Crippen LogP contribution in [0, 0.1) is 17.8 Å². The summed E-state index contributed by atoms with van der Waals surface area (Å²) in [4.78, 5) is 35.1. The minimum atomic E-state index is -0.978. The first kappa shape index (κ1) is 18.4. The van der Waals surface area contributed by atoms with Gasteiger partial charge in [0.1, 0.15) is 6.61 Å². The van der Waals surface area contributed by atoms with Crippen molar-refractivity contribution >= 4 is 29.2 Å². The average molecular weight is 355 g/mol. The lowest BCUT2D eigenvalue weighted by atomic mass is 9.73. The van der Waals surface area contributed by atoms with Gasteiger partial charge in [0.25, 0.3) is 0 Å². The summed E-state index contributed by atoms with van der Waals surface area (Å²) in [7, 11) is 0. The molecule has 1 fully saturated rings. The number of hydrogen-bond donors (Lipinski definition) is 3. The summed E-state index contributed by atoms with van der Waals surface area (Å²) in [5.41, 5.74) is 0. The molecule has 1 aromatic rings. The minimum absolute atomic E-state index is 0.0897. The van der Waals surface area contributed by atoms with Crippen LogP contribution >= 0.6 is 11.3 Å². The van der Waals surface area contributed by atoms with Gasteiger partial charge in [-0.3, -0.25) is 14.4 Å². The summed E-state index contributed by atoms with van der Waals surface area (Å²) in [6.45, 7) is 1.14. The van der Waals surface area contributed by atoms with E-state index in [1.807, 2.05) is 17.5 Å². The van der Waals surface area contributed by atoms with Gasteiger partial charge in [-0.15, -0.1) is 11.3 Å². The Morgan fingerprint density at radius 2 is 1.79 bits per heavy atom. The smallest absolute Gasteiger partial charge is 0.306 e. The number of aliphatic carboxylic acids is 2. The molecule has 24 heavy (non-hydrogen) atoms. The zero-order valence-corrected chi connectivity index (χ0v) is 14.0. The molecular formula is C16H21NO6S. The van der Waals surface area contributed by atoms with E-state index in [4.69, 9.17) is 14.9 Å². The molecule has 0 aliphatic carbocycles. The molecule has 0 aromatic carbocycles. The van der Waals surface area contributed by atoms with Gasteiger partial charge in [0.15, 0.2) is 0 Å². The molecule has 0 spiro atoms. The van der Waals surface area contributed by atoms with Gasteiger partial charge in [0.05, 0.1) is 0 Å². The van der Waals surface area contributed by atoms with Gasteiger partial charge >= 0.3 is 17.9 Å². The third kappa shape index (κ3) is 5.61. The van der Waals surface area contributed by atoms with E-state index in [1.165, 1.54) is 11.3 Å². The van der Waals surface area contributed by atoms with Crippen molar-refractivity contribution in [1.82, 2.24) is 5.32 Å². The Labute approximate surface area is 143 Å². The predicted molar refractivity (Wildman–Crippen MR) is 86.6 cm³/mol. The van der Waals surface area contributed by atoms with Gasteiger partial charge in [0, 0.05) is 24.1 Å². The maximum Gasteiger partial charge on any atom is 0.306 e. The molecule has 1 aliphatic heterocycles. The molecule has 1 aromatic heterocycles. The summed E-state index contributed by atoms with van der Waals surface area (Å²) in [5, 5.41) is 23.1. The summed E-state index contributed by atoms with van der Waals surface area (Å²) in [6, 6.07) is 3.74. The molecule has 3 atom stereocenters. The molecule has 0 radical (unpaired) electrons. The SMILES string of the molecule is O=C(O)C[C@H]1CNC[C@@H](CC(=O)OCc2cccs2)[C@@H]1CC(=O)O. The zero-order chi connectivity index (χ0) is 17.5. The number of piperidine rings is 1. The number of carbonyl (C=O) groups is 3. The molecule has 1 aliphatic rings. The molecule has 1 saturated heterocycles. The highest BCUT2D eigenvalue weighted by Crippen LogP contribution is 2.32. The molecule has 8 heteroatoms. The van der Waals surface area contributed by atoms with E-state index in [1.54, 1.807) is 0 Å². The fraction of sp³-hybridized carbons (Fsp3) is 0.562. The van der Waals surface area contributed by atoms with Gasteiger partial charge in [-0.05, 0) is 42.3 Å². The number of carboxylic acids is 2. The topological polar surface area (TPSA) is 113 Å². The molecule has 0 amide bonds. The van der Waals surface area contributed by atoms with Crippen molar-refractivity contribution in [2.45, 2.75) is 25.9 Å². The summed E-state index contributed by atoms with van der Waals surface area (Å²) < 4.78 is 5.24. The lowest BCUT2D eigenvalue weighted by Gasteiger charge is -2.37. The lowest BCUT2D eigenvalue weighted by molar-refractivity contribution is -0.149. The standard InChI is InChI=1S/C16H21NO6S/c18-14(19)4-10-7-17-8-11(13(10)6-15(20)21)5-16(22)23-9-12-2-1-3-24-12/h1-3,10-11,13,17H,4-9H2,(H,18,19)(H,20,21)/t10-,11+,13+/m0/s1. The van der Waals surface area contributed by atoms with Gasteiger partial charge in [-0.2, -0.15) is 0 Å². The fourth-order valence-electron chi connectivity index (χ4n) is 3.17. The first-order chi connectivity index (χ1) is 11.5. The molecule has 3 N–H and O–H groups in total. The second-order valence-electron chi connectivity index (χ2n) is 5.98. The van der Waals surface area contributed by atoms with Crippen molar-refractivity contribution in [3.8, 4) is 0 Å². The Hall–Kier alpha value is -1.93. The van der Waals surface area contributed by atoms with E-state index in [0.717, 1.165) is 4.88 Å². The van der Waals surface area contributed by atoms with E-state index in [2.05, 4.69) is 5.32 Å². The Morgan fingerprint density at radius 1 is 1.12 bits per heavy atom. The third-order valence-corrected chi connectivity index (χ3v) is 5.11. The van der Waals surface area contributed by atoms with Crippen molar-refractivity contribution < 1.29 is 29.3 Å². The molecule has 7 nitrogen and oxygen atoms in total. The first-order valence-corrected chi connectivity index (χ1v) is 8.66. The molecule has 0 saturated carbocycles. The highest BCUT2D eigenvalue weighted by molar-refractivity contribution is 7.09. The summed E-state index contributed by atoms with van der Waals surface area (Å²) >= 11 is 1.49. The Kier molecular flexibility index (Phi) is 6.74. The van der Waals surface area contributed by atoms with Crippen LogP contribution in [0.25, 0.3) is 0 Å². The normalized spacial score (nSPS) is 23.6. The van der Waals surface area contributed by atoms with Crippen LogP contribution in [-0.4, -0.2) is 41.2 Å². The second-order valence-corrected chi connectivity index (χ2v) is 7.01. The third-order valence-electron chi connectivity index (χ3n) is 4.26. The van der Waals surface area contributed by atoms with Crippen LogP contribution in [0.15, 0.2) is 17.5 Å². The number of hydrogen-bond acceptors (Lipinski definition) is 6. The highest BCUT2D eigenvalue weighted by atomic mass is 32.1. The van der Waals surface area contributed by atoms with Gasteiger partial charge in [-0.1, -0.05) is 6.07 Å². The summed E-state index contributed by atoms with van der Waals surface area (Å²) in [6.07, 6.45) is -0.152. The maximum atomic E-state index is 12.1. The lowest BCUT2D eigenvalue weighted by Crippen LogP contribution is -2.45. The van der Waals surface area contributed by atoms with E-state index in [0.29, 0.717) is 13.1 Å². The van der Waals surface area contributed by atoms with Crippen molar-refractivity contribution in [2.75, 3.05) is 13.1 Å². The monoisotopic (exact) mass is 355 g/mol. The number of carbonyl (C=O) groups excluding carboxylic acids is 1. The van der Waals surface area contributed by atoms with Gasteiger partial charge in [-0.25, -0.2) is 0 Å². The fourth-order valence-corrected chi connectivity index (χ4v) is 3.78. The van der Waals surface area contributed by atoms with E-state index in [9.17, 15) is 14.4 Å². The Morgan fingerprint density at radius 3 is 2.38 bits per heavy atom. The van der Waals surface area contributed by atoms with Crippen LogP contribution in [0.5, 0.6) is 0 Å². The highest BCUT2D eigenvalue weighted by Gasteiger charge is 2.37. The average Bonchev–Trinajstić information content (AvgIpc) is 3.01. The maximum absolute atomic E-state index is 12.1. The van der Waals surface area contributed by atoms with Gasteiger partial charge < -0.3 is 20.3 Å². The molecular weight excluding hydrogens is 334 g/mol. The minimum Gasteiger partial charge on any atom is -0.481 e. The van der Waals surface area contributed by atoms with Crippen LogP contribution < -0.4 is 5.32 Å². The zero-order valence-electron chi connectivity index (χ0n) is 13.1. The quantitative estimate of drug-likeness (QED) is 0.607. The van der Waals surface area contributed by atoms with Crippen LogP contribution in [0.1, 0.15) is 24.1 Å². The first-order valence-electron chi connectivity index (χ1n) is 7.78. The number of carboxylic acid groups (broad SMARTS) is 2. The van der Waals surface area contributed by atoms with Crippen molar-refractivity contribution in [3.63, 3.8) is 0 Å². The molecule has 0 unspecified atom stereocenters. The predicted octanol–water partition coefficient (Wildman–Crippen LogP) is 1.58. The molecule has 2 rings (SSSR count). The van der Waals surface area contributed by atoms with E-state index >= 15 is 0 Å². The number of nitrogens with one attached hydrogen (secondary N) is 1. The van der Waals surface area contributed by atoms with E-state index in [-0.39, 0.29) is 49.6 Å². The van der Waals surface area contributed by atoms with Crippen molar-refractivity contribution in [1.29, 1.82) is 0 Å². The Bertz CT molecular complexity index is 573. The van der Waals surface area contributed by atoms with Crippen LogP contribution in [0.2, 0.25) is 0 Å². The van der Waals surface area contributed by atoms with Crippen LogP contribution in [0.3, 0.4) is 0 Å². The van der Waals surface area contributed by atoms with Crippen molar-refractivity contribution in [2.24, 2.45) is 17.8 Å². The summed E-state index contributed by atoms with van der Waals surface area (Å²) in [5.74, 6) is -3.22. The molecule has 2 heterocycles. The number of rotatable bonds is 8. The van der Waals surface area contributed by atoms with Crippen LogP contribution in [-0.2, 0) is 25.7 Å². The van der Waals surface area contributed by atoms with Crippen molar-refractivity contribution in [3.05, 3.63) is 22.4 Å². The van der Waals surface area contributed by atoms with Gasteiger partial charge in [0.2, 0.25) is 0 Å². The number of esters is 1. The number of thiophene rings is 1. The Balaban J connectivity index is 1.95. The molecule has 0 bridgehead atoms. The van der Waals surface area contributed by atoms with E-state index < -0.39 is 11.9 Å². The van der Waals surface area contributed by atoms with Crippen LogP contribution in [0.4, 0.5) is 0 Å². The second kappa shape index (κ2) is 8.79. The largest absolute Gasteiger partial charge is 0.481 e. The number of ether oxygens (including phenoxy) is 1. The molecule has 132 valence electrons.